The zero-order valence-corrected chi connectivity index (χ0v) is 15.0. The summed E-state index contributed by atoms with van der Waals surface area (Å²) in [5, 5.41) is 1.26. The highest BCUT2D eigenvalue weighted by atomic mass is 14.9. The summed E-state index contributed by atoms with van der Waals surface area (Å²) in [6.45, 7) is 0.814. The number of aromatic nitrogens is 3. The smallest absolute Gasteiger partial charge is 0.128 e. The van der Waals surface area contributed by atoms with E-state index in [4.69, 9.17) is 4.98 Å². The molecule has 0 aliphatic carbocycles. The van der Waals surface area contributed by atoms with Crippen LogP contribution < -0.4 is 0 Å². The number of H-pyrrole nitrogens is 1. The normalized spacial score (nSPS) is 12.6. The fourth-order valence-electron chi connectivity index (χ4n) is 3.72. The first-order chi connectivity index (χ1) is 13.3. The van der Waals surface area contributed by atoms with E-state index in [2.05, 4.69) is 57.4 Å². The molecule has 0 bridgehead atoms. The minimum atomic E-state index is 0.814. The first-order valence-corrected chi connectivity index (χ1v) is 9.32. The quantitative estimate of drug-likeness (QED) is 0.583. The van der Waals surface area contributed by atoms with Crippen molar-refractivity contribution in [2.24, 2.45) is 4.99 Å². The van der Waals surface area contributed by atoms with E-state index >= 15 is 0 Å². The fraction of sp³-hybridized carbons (Fsp3) is 0.174. The lowest BCUT2D eigenvalue weighted by Crippen LogP contribution is -2.02. The molecule has 5 rings (SSSR count). The number of fused-ring (bicyclic) bond motifs is 2. The third-order valence-corrected chi connectivity index (χ3v) is 5.16. The van der Waals surface area contributed by atoms with Crippen molar-refractivity contribution in [3.8, 4) is 0 Å². The summed E-state index contributed by atoms with van der Waals surface area (Å²) in [5.41, 5.74) is 7.40. The Morgan fingerprint density at radius 2 is 2.00 bits per heavy atom. The lowest BCUT2D eigenvalue weighted by atomic mass is 10.0. The first kappa shape index (κ1) is 15.9. The molecule has 27 heavy (non-hydrogen) atoms. The maximum Gasteiger partial charge on any atom is 0.128 e. The summed E-state index contributed by atoms with van der Waals surface area (Å²) in [5.74, 6) is 0.905. The maximum absolute atomic E-state index is 4.80. The van der Waals surface area contributed by atoms with E-state index in [0.29, 0.717) is 0 Å². The first-order valence-electron chi connectivity index (χ1n) is 9.32. The van der Waals surface area contributed by atoms with E-state index < -0.39 is 0 Å². The molecule has 0 saturated carbocycles. The summed E-state index contributed by atoms with van der Waals surface area (Å²) in [6, 6.07) is 17.1. The molecule has 4 aromatic rings. The molecule has 1 aliphatic rings. The molecule has 4 heteroatoms. The number of nitrogens with zero attached hydrogens (tertiary/aromatic N) is 3. The Bertz CT molecular complexity index is 1140. The topological polar surface area (TPSA) is 53.9 Å². The highest BCUT2D eigenvalue weighted by molar-refractivity contribution is 5.84. The molecule has 0 spiro atoms. The van der Waals surface area contributed by atoms with Crippen molar-refractivity contribution in [3.05, 3.63) is 94.7 Å². The minimum absolute atomic E-state index is 0.814. The average molecular weight is 352 g/mol. The molecule has 2 aromatic heterocycles. The predicted octanol–water partition coefficient (Wildman–Crippen LogP) is 4.27. The van der Waals surface area contributed by atoms with Gasteiger partial charge in [-0.05, 0) is 52.9 Å². The second kappa shape index (κ2) is 6.80. The van der Waals surface area contributed by atoms with Gasteiger partial charge in [-0.3, -0.25) is 4.99 Å². The van der Waals surface area contributed by atoms with Crippen molar-refractivity contribution in [3.63, 3.8) is 0 Å². The number of rotatable bonds is 5. The Balaban J connectivity index is 1.32. The molecule has 4 nitrogen and oxygen atoms in total. The third-order valence-electron chi connectivity index (χ3n) is 5.16. The number of aliphatic imine (C=N–C) groups is 1. The summed E-state index contributed by atoms with van der Waals surface area (Å²) < 4.78 is 0. The second-order valence-corrected chi connectivity index (χ2v) is 7.00. The Hall–Kier alpha value is -3.27. The molecule has 0 fully saturated rings. The summed E-state index contributed by atoms with van der Waals surface area (Å²) in [6.07, 6.45) is 8.44. The fourth-order valence-corrected chi connectivity index (χ4v) is 3.72. The average Bonchev–Trinajstić information content (AvgIpc) is 3.36. The molecule has 0 saturated heterocycles. The lowest BCUT2D eigenvalue weighted by Gasteiger charge is -2.07. The molecule has 0 atom stereocenters. The van der Waals surface area contributed by atoms with Crippen LogP contribution in [0.5, 0.6) is 0 Å². The molecular weight excluding hydrogens is 332 g/mol. The largest absolute Gasteiger partial charge is 0.361 e. The molecule has 0 amide bonds. The summed E-state index contributed by atoms with van der Waals surface area (Å²) in [4.78, 5) is 16.9. The maximum atomic E-state index is 4.80. The van der Waals surface area contributed by atoms with Crippen LogP contribution in [0.1, 0.15) is 33.8 Å². The van der Waals surface area contributed by atoms with Gasteiger partial charge in [0.05, 0.1) is 6.54 Å². The molecule has 1 aliphatic heterocycles. The molecule has 0 unspecified atom stereocenters. The molecule has 1 N–H and O–H groups in total. The van der Waals surface area contributed by atoms with Gasteiger partial charge < -0.3 is 4.98 Å². The van der Waals surface area contributed by atoms with Gasteiger partial charge in [-0.15, -0.1) is 0 Å². The van der Waals surface area contributed by atoms with Gasteiger partial charge in [0.2, 0.25) is 0 Å². The van der Waals surface area contributed by atoms with E-state index in [1.165, 1.54) is 33.2 Å². The monoisotopic (exact) mass is 352 g/mol. The number of benzene rings is 2. The van der Waals surface area contributed by atoms with E-state index in [9.17, 15) is 0 Å². The Labute approximate surface area is 158 Å². The van der Waals surface area contributed by atoms with Crippen molar-refractivity contribution in [2.75, 3.05) is 0 Å². The van der Waals surface area contributed by atoms with Crippen molar-refractivity contribution in [1.82, 2.24) is 15.0 Å². The van der Waals surface area contributed by atoms with Crippen LogP contribution in [0.25, 0.3) is 10.9 Å². The van der Waals surface area contributed by atoms with Crippen LogP contribution >= 0.6 is 0 Å². The van der Waals surface area contributed by atoms with Gasteiger partial charge in [0.15, 0.2) is 0 Å². The molecule has 132 valence electrons. The highest BCUT2D eigenvalue weighted by Gasteiger charge is 2.08. The van der Waals surface area contributed by atoms with E-state index in [-0.39, 0.29) is 0 Å². The van der Waals surface area contributed by atoms with Gasteiger partial charge in [-0.25, -0.2) is 9.97 Å². The predicted molar refractivity (Wildman–Crippen MR) is 108 cm³/mol. The number of hydrogen-bond donors (Lipinski definition) is 1. The van der Waals surface area contributed by atoms with E-state index in [0.717, 1.165) is 37.3 Å². The Morgan fingerprint density at radius 1 is 1.00 bits per heavy atom. The van der Waals surface area contributed by atoms with Crippen LogP contribution in [0.15, 0.2) is 65.9 Å². The van der Waals surface area contributed by atoms with Crippen LogP contribution in [0.2, 0.25) is 0 Å². The van der Waals surface area contributed by atoms with Crippen molar-refractivity contribution < 1.29 is 0 Å². The zero-order valence-electron chi connectivity index (χ0n) is 15.0. The van der Waals surface area contributed by atoms with Gasteiger partial charge in [0.1, 0.15) is 5.82 Å². The van der Waals surface area contributed by atoms with Crippen molar-refractivity contribution in [2.45, 2.75) is 25.8 Å². The van der Waals surface area contributed by atoms with E-state index in [1.54, 1.807) is 0 Å². The number of hydrogen-bond acceptors (Lipinski definition) is 3. The van der Waals surface area contributed by atoms with Crippen LogP contribution in [-0.2, 0) is 25.8 Å². The van der Waals surface area contributed by atoms with Gasteiger partial charge >= 0.3 is 0 Å². The highest BCUT2D eigenvalue weighted by Crippen LogP contribution is 2.20. The minimum Gasteiger partial charge on any atom is -0.361 e. The zero-order chi connectivity index (χ0) is 18.1. The standard InChI is InChI=1S/C23H20N4/c1-2-17(21-9-11-25-22(21)3-1)13-20-8-10-26-23(27-20)7-5-16-4-6-18-14-24-15-19(18)12-16/h1-4,6,8-12,15,25H,5,7,13-14H2. The van der Waals surface area contributed by atoms with Crippen LogP contribution in [-0.4, -0.2) is 21.2 Å². The van der Waals surface area contributed by atoms with Crippen LogP contribution in [0.4, 0.5) is 0 Å². The van der Waals surface area contributed by atoms with E-state index in [1.807, 2.05) is 24.7 Å². The summed E-state index contributed by atoms with van der Waals surface area (Å²) >= 11 is 0. The second-order valence-electron chi connectivity index (χ2n) is 7.00. The number of nitrogens with one attached hydrogen (secondary N) is 1. The molecule has 0 radical (unpaired) electrons. The van der Waals surface area contributed by atoms with Crippen molar-refractivity contribution >= 4 is 17.1 Å². The van der Waals surface area contributed by atoms with Gasteiger partial charge in [0.25, 0.3) is 0 Å². The SMILES string of the molecule is C1=NCc2ccc(CCc3nccc(Cc4cccc5[nH]ccc45)n3)cc21. The third kappa shape index (κ3) is 3.26. The van der Waals surface area contributed by atoms with Gasteiger partial charge in [-0.2, -0.15) is 0 Å². The molecule has 2 aromatic carbocycles. The Morgan fingerprint density at radius 3 is 3.00 bits per heavy atom. The lowest BCUT2D eigenvalue weighted by molar-refractivity contribution is 0.837. The van der Waals surface area contributed by atoms with Crippen LogP contribution in [0, 0.1) is 0 Å². The van der Waals surface area contributed by atoms with Gasteiger partial charge in [0, 0.05) is 48.0 Å². The van der Waals surface area contributed by atoms with Gasteiger partial charge in [-0.1, -0.05) is 24.3 Å². The van der Waals surface area contributed by atoms with Crippen molar-refractivity contribution in [1.29, 1.82) is 0 Å². The Kier molecular flexibility index (Phi) is 4.02. The number of aryl methyl sites for hydroxylation is 2. The number of aromatic amines is 1. The van der Waals surface area contributed by atoms with Crippen LogP contribution in [0.3, 0.4) is 0 Å². The molecule has 3 heterocycles. The summed E-state index contributed by atoms with van der Waals surface area (Å²) in [7, 11) is 0. The molecular formula is C23H20N4.